The summed E-state index contributed by atoms with van der Waals surface area (Å²) < 4.78 is 5.37. The third-order valence-corrected chi connectivity index (χ3v) is 4.38. The maximum Gasteiger partial charge on any atom is 0.226 e. The molecule has 0 aromatic rings. The third kappa shape index (κ3) is 2.91. The van der Waals surface area contributed by atoms with Gasteiger partial charge in [0.1, 0.15) is 12.5 Å². The molecule has 2 aliphatic rings. The molecule has 1 saturated carbocycles. The molecule has 3 unspecified atom stereocenters. The summed E-state index contributed by atoms with van der Waals surface area (Å²) in [7, 11) is 0. The van der Waals surface area contributed by atoms with Gasteiger partial charge in [0.15, 0.2) is 0 Å². The molecular weight excluding hydrogens is 244 g/mol. The van der Waals surface area contributed by atoms with Gasteiger partial charge in [0, 0.05) is 19.0 Å². The van der Waals surface area contributed by atoms with Crippen LogP contribution >= 0.6 is 0 Å². The van der Waals surface area contributed by atoms with Gasteiger partial charge in [-0.3, -0.25) is 4.79 Å². The Bertz CT molecular complexity index is 372. The highest BCUT2D eigenvalue weighted by Crippen LogP contribution is 2.52. The molecule has 1 aliphatic carbocycles. The van der Waals surface area contributed by atoms with E-state index in [0.29, 0.717) is 19.5 Å². The van der Waals surface area contributed by atoms with Gasteiger partial charge in [-0.25, -0.2) is 0 Å². The number of nitrogens with two attached hydrogens (primary N) is 3. The van der Waals surface area contributed by atoms with E-state index < -0.39 is 18.0 Å². The topological polar surface area (TPSA) is 108 Å². The molecule has 2 fully saturated rings. The summed E-state index contributed by atoms with van der Waals surface area (Å²) in [6.45, 7) is 7.05. The second-order valence-corrected chi connectivity index (χ2v) is 6.75. The van der Waals surface area contributed by atoms with Crippen molar-refractivity contribution in [3.8, 4) is 0 Å². The molecule has 0 aromatic carbocycles. The van der Waals surface area contributed by atoms with Crippen LogP contribution in [0, 0.1) is 11.3 Å². The Balaban J connectivity index is 1.94. The first kappa shape index (κ1) is 14.7. The first-order valence-corrected chi connectivity index (χ1v) is 6.90. The number of carbonyl (C=O) groups is 1. The maximum atomic E-state index is 12.3. The van der Waals surface area contributed by atoms with Crippen LogP contribution < -0.4 is 17.2 Å². The predicted molar refractivity (Wildman–Crippen MR) is 72.7 cm³/mol. The molecule has 1 aliphatic heterocycles. The zero-order chi connectivity index (χ0) is 14.4. The highest BCUT2D eigenvalue weighted by Gasteiger charge is 2.54. The Morgan fingerprint density at radius 1 is 1.42 bits per heavy atom. The van der Waals surface area contributed by atoms with Gasteiger partial charge in [-0.2, -0.15) is 0 Å². The second-order valence-electron chi connectivity index (χ2n) is 6.75. The van der Waals surface area contributed by atoms with Crippen molar-refractivity contribution in [1.82, 2.24) is 4.90 Å². The Hall–Kier alpha value is -0.690. The van der Waals surface area contributed by atoms with Crippen LogP contribution in [0.1, 0.15) is 33.6 Å². The van der Waals surface area contributed by atoms with Crippen molar-refractivity contribution in [2.45, 2.75) is 51.6 Å². The van der Waals surface area contributed by atoms with Crippen molar-refractivity contribution in [3.05, 3.63) is 0 Å². The summed E-state index contributed by atoms with van der Waals surface area (Å²) in [6, 6.07) is 0. The summed E-state index contributed by atoms with van der Waals surface area (Å²) in [4.78, 5) is 14.1. The summed E-state index contributed by atoms with van der Waals surface area (Å²) in [6.07, 6.45) is 0.516. The van der Waals surface area contributed by atoms with Crippen LogP contribution in [0.5, 0.6) is 0 Å². The number of hydrogen-bond donors (Lipinski definition) is 3. The fraction of sp³-hybridized carbons (Fsp3) is 0.923. The second kappa shape index (κ2) is 4.70. The first-order chi connectivity index (χ1) is 8.66. The van der Waals surface area contributed by atoms with Gasteiger partial charge in [0.05, 0.1) is 5.54 Å². The lowest BCUT2D eigenvalue weighted by Crippen LogP contribution is -2.59. The Morgan fingerprint density at radius 2 is 2.00 bits per heavy atom. The van der Waals surface area contributed by atoms with Gasteiger partial charge >= 0.3 is 0 Å². The molecule has 1 amide bonds. The van der Waals surface area contributed by atoms with Crippen LogP contribution in [0.25, 0.3) is 0 Å². The molecule has 4 atom stereocenters. The lowest BCUT2D eigenvalue weighted by atomic mass is 9.98. The van der Waals surface area contributed by atoms with E-state index in [1.807, 2.05) is 4.90 Å². The third-order valence-electron chi connectivity index (χ3n) is 4.38. The Morgan fingerprint density at radius 3 is 2.47 bits per heavy atom. The Labute approximate surface area is 114 Å². The fourth-order valence-corrected chi connectivity index (χ4v) is 2.75. The number of hydrogen-bond acceptors (Lipinski definition) is 5. The van der Waals surface area contributed by atoms with Crippen molar-refractivity contribution >= 4 is 5.91 Å². The van der Waals surface area contributed by atoms with E-state index in [-0.39, 0.29) is 17.2 Å². The van der Waals surface area contributed by atoms with E-state index in [0.717, 1.165) is 6.42 Å². The van der Waals surface area contributed by atoms with Gasteiger partial charge < -0.3 is 26.8 Å². The van der Waals surface area contributed by atoms with Gasteiger partial charge in [-0.15, -0.1) is 0 Å². The monoisotopic (exact) mass is 270 g/mol. The predicted octanol–water partition coefficient (Wildman–Crippen LogP) is -0.432. The molecule has 6 nitrogen and oxygen atoms in total. The van der Waals surface area contributed by atoms with Crippen LogP contribution in [-0.2, 0) is 9.53 Å². The molecule has 6 N–H and O–H groups in total. The summed E-state index contributed by atoms with van der Waals surface area (Å²) in [5, 5.41) is 0. The number of amides is 1. The van der Waals surface area contributed by atoms with Gasteiger partial charge in [-0.1, -0.05) is 13.8 Å². The number of carbonyl (C=O) groups excluding carboxylic acids is 1. The number of ether oxygens (including phenoxy) is 1. The lowest BCUT2D eigenvalue weighted by Gasteiger charge is -2.32. The number of likely N-dealkylation sites (tertiary alicyclic amines) is 1. The summed E-state index contributed by atoms with van der Waals surface area (Å²) >= 11 is 0. The molecule has 19 heavy (non-hydrogen) atoms. The van der Waals surface area contributed by atoms with Crippen LogP contribution in [-0.4, -0.2) is 41.9 Å². The molecule has 0 spiro atoms. The van der Waals surface area contributed by atoms with Crippen LogP contribution in [0.15, 0.2) is 0 Å². The standard InChI is InChI=1S/C13H26N4O2/c1-8(14)19-11(15)13(16)4-5-17(7-13)10(18)9-6-12(9,2)3/h8-9,11H,4-7,14-16H2,1-3H3/t8?,9-,11?,13?/m0/s1. The Kier molecular flexibility index (Phi) is 3.64. The van der Waals surface area contributed by atoms with E-state index >= 15 is 0 Å². The molecule has 110 valence electrons. The summed E-state index contributed by atoms with van der Waals surface area (Å²) in [5.74, 6) is 0.339. The van der Waals surface area contributed by atoms with E-state index in [1.54, 1.807) is 6.92 Å². The van der Waals surface area contributed by atoms with E-state index in [1.165, 1.54) is 0 Å². The van der Waals surface area contributed by atoms with Gasteiger partial charge in [0.2, 0.25) is 5.91 Å². The molecular formula is C13H26N4O2. The highest BCUT2D eigenvalue weighted by atomic mass is 16.5. The fourth-order valence-electron chi connectivity index (χ4n) is 2.75. The minimum Gasteiger partial charge on any atom is -0.344 e. The molecule has 0 radical (unpaired) electrons. The zero-order valence-electron chi connectivity index (χ0n) is 12.1. The SMILES string of the molecule is CC(N)OC(N)C1(N)CCN(C(=O)[C@@H]2CC2(C)C)C1. The zero-order valence-corrected chi connectivity index (χ0v) is 12.1. The molecule has 0 aromatic heterocycles. The van der Waals surface area contributed by atoms with Crippen LogP contribution in [0.2, 0.25) is 0 Å². The number of nitrogens with zero attached hydrogens (tertiary/aromatic N) is 1. The molecule has 2 rings (SSSR count). The van der Waals surface area contributed by atoms with E-state index in [4.69, 9.17) is 21.9 Å². The maximum absolute atomic E-state index is 12.3. The minimum atomic E-state index is -0.692. The van der Waals surface area contributed by atoms with Gasteiger partial charge in [0.25, 0.3) is 0 Å². The van der Waals surface area contributed by atoms with Crippen molar-refractivity contribution in [2.75, 3.05) is 13.1 Å². The normalized spacial score (nSPS) is 36.1. The minimum absolute atomic E-state index is 0.139. The average Bonchev–Trinajstić information content (AvgIpc) is 2.72. The van der Waals surface area contributed by atoms with Crippen molar-refractivity contribution in [1.29, 1.82) is 0 Å². The van der Waals surface area contributed by atoms with Crippen LogP contribution in [0.4, 0.5) is 0 Å². The lowest BCUT2D eigenvalue weighted by molar-refractivity contribution is -0.132. The molecule has 6 heteroatoms. The largest absolute Gasteiger partial charge is 0.344 e. The highest BCUT2D eigenvalue weighted by molar-refractivity contribution is 5.83. The van der Waals surface area contributed by atoms with Crippen LogP contribution in [0.3, 0.4) is 0 Å². The van der Waals surface area contributed by atoms with E-state index in [9.17, 15) is 4.79 Å². The first-order valence-electron chi connectivity index (χ1n) is 6.90. The smallest absolute Gasteiger partial charge is 0.226 e. The van der Waals surface area contributed by atoms with Crippen molar-refractivity contribution in [2.24, 2.45) is 28.5 Å². The molecule has 1 saturated heterocycles. The van der Waals surface area contributed by atoms with Gasteiger partial charge in [-0.05, 0) is 25.2 Å². The van der Waals surface area contributed by atoms with Crippen molar-refractivity contribution < 1.29 is 9.53 Å². The summed E-state index contributed by atoms with van der Waals surface area (Å²) in [5.41, 5.74) is 17.2. The van der Waals surface area contributed by atoms with E-state index in [2.05, 4.69) is 13.8 Å². The van der Waals surface area contributed by atoms with Crippen molar-refractivity contribution in [3.63, 3.8) is 0 Å². The molecule has 1 heterocycles. The quantitative estimate of drug-likeness (QED) is 0.601. The number of rotatable bonds is 4. The average molecular weight is 270 g/mol. The molecule has 0 bridgehead atoms.